The minimum Gasteiger partial charge on any atom is -0.478 e. The number of anilines is 2. The van der Waals surface area contributed by atoms with E-state index in [0.29, 0.717) is 5.56 Å². The highest BCUT2D eigenvalue weighted by atomic mass is 32.1. The Morgan fingerprint density at radius 3 is 2.40 bits per heavy atom. The van der Waals surface area contributed by atoms with E-state index in [2.05, 4.69) is 10.2 Å². The fraction of sp³-hybridized carbons (Fsp3) is 0.182. The number of carbonyl (C=O) groups is 3. The lowest BCUT2D eigenvalue weighted by molar-refractivity contribution is -0.122. The second-order valence-electron chi connectivity index (χ2n) is 7.10. The molecule has 2 aliphatic heterocycles. The molecule has 2 amide bonds. The Bertz CT molecular complexity index is 1070. The molecule has 0 bridgehead atoms. The third-order valence-corrected chi connectivity index (χ3v) is 5.41. The molecule has 2 N–H and O–H groups in total. The third kappa shape index (κ3) is 3.81. The summed E-state index contributed by atoms with van der Waals surface area (Å²) in [4.78, 5) is 40.2. The fourth-order valence-electron chi connectivity index (χ4n) is 3.59. The van der Waals surface area contributed by atoms with Gasteiger partial charge in [-0.2, -0.15) is 0 Å². The van der Waals surface area contributed by atoms with Gasteiger partial charge in [0, 0.05) is 18.8 Å². The van der Waals surface area contributed by atoms with Crippen molar-refractivity contribution < 1.29 is 19.5 Å². The van der Waals surface area contributed by atoms with Crippen molar-refractivity contribution in [3.63, 3.8) is 0 Å². The van der Waals surface area contributed by atoms with Gasteiger partial charge in [0.1, 0.15) is 5.57 Å². The number of carboxylic acids is 1. The van der Waals surface area contributed by atoms with Gasteiger partial charge < -0.3 is 10.0 Å². The second-order valence-corrected chi connectivity index (χ2v) is 7.49. The largest absolute Gasteiger partial charge is 0.478 e. The van der Waals surface area contributed by atoms with E-state index in [0.717, 1.165) is 23.7 Å². The zero-order chi connectivity index (χ0) is 21.3. The average molecular weight is 421 g/mol. The van der Waals surface area contributed by atoms with E-state index in [-0.39, 0.29) is 21.9 Å². The molecule has 7 nitrogen and oxygen atoms in total. The van der Waals surface area contributed by atoms with E-state index in [1.807, 2.05) is 24.3 Å². The highest BCUT2D eigenvalue weighted by Crippen LogP contribution is 2.25. The van der Waals surface area contributed by atoms with Gasteiger partial charge in [-0.05, 0) is 67.0 Å². The third-order valence-electron chi connectivity index (χ3n) is 5.13. The molecule has 4 rings (SSSR count). The van der Waals surface area contributed by atoms with Crippen molar-refractivity contribution in [2.24, 2.45) is 0 Å². The predicted octanol–water partition coefficient (Wildman–Crippen LogP) is 2.82. The lowest BCUT2D eigenvalue weighted by Crippen LogP contribution is -2.54. The normalized spacial score (nSPS) is 18.1. The molecule has 2 aromatic rings. The molecule has 0 unspecified atom stereocenters. The smallest absolute Gasteiger partial charge is 0.335 e. The van der Waals surface area contributed by atoms with Gasteiger partial charge in [0.05, 0.1) is 11.3 Å². The van der Waals surface area contributed by atoms with Crippen LogP contribution in [0.4, 0.5) is 11.4 Å². The molecule has 0 spiro atoms. The van der Waals surface area contributed by atoms with Crippen LogP contribution < -0.4 is 15.1 Å². The lowest BCUT2D eigenvalue weighted by Gasteiger charge is -2.29. The number of hydrogen-bond acceptors (Lipinski definition) is 5. The van der Waals surface area contributed by atoms with Gasteiger partial charge in [-0.3, -0.25) is 19.8 Å². The molecular formula is C22H19N3O4S. The minimum atomic E-state index is -1.12. The molecule has 0 atom stereocenters. The van der Waals surface area contributed by atoms with Crippen LogP contribution in [0.15, 0.2) is 54.1 Å². The van der Waals surface area contributed by atoms with Crippen molar-refractivity contribution >= 4 is 52.6 Å². The summed E-state index contributed by atoms with van der Waals surface area (Å²) in [6.07, 6.45) is 3.87. The van der Waals surface area contributed by atoms with Crippen LogP contribution in [0.25, 0.3) is 6.08 Å². The van der Waals surface area contributed by atoms with Crippen molar-refractivity contribution in [1.29, 1.82) is 0 Å². The molecular weight excluding hydrogens is 402 g/mol. The van der Waals surface area contributed by atoms with Crippen LogP contribution in [0.3, 0.4) is 0 Å². The monoisotopic (exact) mass is 421 g/mol. The van der Waals surface area contributed by atoms with Gasteiger partial charge >= 0.3 is 5.97 Å². The molecule has 2 heterocycles. The summed E-state index contributed by atoms with van der Waals surface area (Å²) in [6.45, 7) is 2.06. The van der Waals surface area contributed by atoms with E-state index in [1.54, 1.807) is 6.07 Å². The maximum Gasteiger partial charge on any atom is 0.335 e. The van der Waals surface area contributed by atoms with Gasteiger partial charge in [-0.25, -0.2) is 4.79 Å². The quantitative estimate of drug-likeness (QED) is 0.448. The van der Waals surface area contributed by atoms with Crippen molar-refractivity contribution in [3.8, 4) is 0 Å². The van der Waals surface area contributed by atoms with E-state index in [1.165, 1.54) is 37.1 Å². The zero-order valence-electron chi connectivity index (χ0n) is 16.0. The van der Waals surface area contributed by atoms with Crippen molar-refractivity contribution in [1.82, 2.24) is 5.32 Å². The Labute approximate surface area is 178 Å². The molecule has 2 fully saturated rings. The van der Waals surface area contributed by atoms with Gasteiger partial charge in [-0.1, -0.05) is 18.2 Å². The van der Waals surface area contributed by atoms with E-state index < -0.39 is 17.8 Å². The molecule has 152 valence electrons. The number of rotatable bonds is 4. The highest BCUT2D eigenvalue weighted by Gasteiger charge is 2.34. The van der Waals surface area contributed by atoms with Crippen LogP contribution in [0.5, 0.6) is 0 Å². The number of carbonyl (C=O) groups excluding carboxylic acids is 2. The summed E-state index contributed by atoms with van der Waals surface area (Å²) < 4.78 is 0. The molecule has 0 radical (unpaired) electrons. The van der Waals surface area contributed by atoms with Crippen LogP contribution in [-0.2, 0) is 9.59 Å². The van der Waals surface area contributed by atoms with E-state index in [9.17, 15) is 19.5 Å². The Kier molecular flexibility index (Phi) is 5.33. The van der Waals surface area contributed by atoms with Gasteiger partial charge in [-0.15, -0.1) is 0 Å². The topological polar surface area (TPSA) is 90.0 Å². The maximum absolute atomic E-state index is 13.1. The summed E-state index contributed by atoms with van der Waals surface area (Å²) in [5, 5.41) is 11.6. The summed E-state index contributed by atoms with van der Waals surface area (Å²) in [6, 6.07) is 13.5. The molecule has 8 heteroatoms. The molecule has 30 heavy (non-hydrogen) atoms. The molecule has 2 aromatic carbocycles. The highest BCUT2D eigenvalue weighted by molar-refractivity contribution is 7.80. The van der Waals surface area contributed by atoms with E-state index >= 15 is 0 Å². The number of aromatic carboxylic acids is 1. The summed E-state index contributed by atoms with van der Waals surface area (Å²) in [5.41, 5.74) is 2.05. The average Bonchev–Trinajstić information content (AvgIpc) is 3.26. The first-order chi connectivity index (χ1) is 14.4. The number of nitrogens with zero attached hydrogens (tertiary/aromatic N) is 2. The Hall–Kier alpha value is -3.52. The molecule has 0 saturated carbocycles. The minimum absolute atomic E-state index is 0.0167. The lowest BCUT2D eigenvalue weighted by atomic mass is 10.1. The Morgan fingerprint density at radius 2 is 1.73 bits per heavy atom. The number of amides is 2. The fourth-order valence-corrected chi connectivity index (χ4v) is 3.87. The zero-order valence-corrected chi connectivity index (χ0v) is 16.8. The van der Waals surface area contributed by atoms with Crippen LogP contribution in [0.1, 0.15) is 28.8 Å². The van der Waals surface area contributed by atoms with Crippen LogP contribution >= 0.6 is 12.2 Å². The van der Waals surface area contributed by atoms with Crippen molar-refractivity contribution in [2.75, 3.05) is 22.9 Å². The van der Waals surface area contributed by atoms with Crippen molar-refractivity contribution in [3.05, 3.63) is 65.2 Å². The van der Waals surface area contributed by atoms with Crippen LogP contribution in [0, 0.1) is 0 Å². The molecule has 2 aliphatic rings. The first kappa shape index (κ1) is 19.8. The number of benzene rings is 2. The standard InChI is InChI=1S/C22H19N3O4S/c26-19-18(12-14-6-8-16(9-7-14)24-10-1-2-11-24)20(27)25(22(30)23-19)17-5-3-4-15(13-17)21(28)29/h3-9,12-13H,1-2,10-11H2,(H,28,29)(H,23,26,30). The summed E-state index contributed by atoms with van der Waals surface area (Å²) in [7, 11) is 0. The number of thiocarbonyl (C=S) groups is 1. The first-order valence-electron chi connectivity index (χ1n) is 9.54. The van der Waals surface area contributed by atoms with Crippen molar-refractivity contribution in [2.45, 2.75) is 12.8 Å². The number of nitrogens with one attached hydrogen (secondary N) is 1. The Balaban J connectivity index is 1.63. The predicted molar refractivity (Wildman–Crippen MR) is 117 cm³/mol. The first-order valence-corrected chi connectivity index (χ1v) is 9.95. The van der Waals surface area contributed by atoms with Gasteiger partial charge in [0.25, 0.3) is 11.8 Å². The number of carboxylic acid groups (broad SMARTS) is 1. The van der Waals surface area contributed by atoms with Crippen LogP contribution in [-0.4, -0.2) is 41.1 Å². The summed E-state index contributed by atoms with van der Waals surface area (Å²) >= 11 is 5.16. The maximum atomic E-state index is 13.1. The SMILES string of the molecule is O=C1NC(=S)N(c2cccc(C(=O)O)c2)C(=O)C1=Cc1ccc(N2CCCC2)cc1. The second kappa shape index (κ2) is 8.08. The molecule has 0 aromatic heterocycles. The van der Waals surface area contributed by atoms with Crippen LogP contribution in [0.2, 0.25) is 0 Å². The molecule has 2 saturated heterocycles. The number of hydrogen-bond donors (Lipinski definition) is 2. The van der Waals surface area contributed by atoms with E-state index in [4.69, 9.17) is 12.2 Å². The van der Waals surface area contributed by atoms with Gasteiger partial charge in [0.15, 0.2) is 5.11 Å². The summed E-state index contributed by atoms with van der Waals surface area (Å²) in [5.74, 6) is -2.31. The molecule has 0 aliphatic carbocycles. The van der Waals surface area contributed by atoms with Gasteiger partial charge in [0.2, 0.25) is 0 Å². The Morgan fingerprint density at radius 1 is 1.03 bits per heavy atom.